The Morgan fingerprint density at radius 2 is 2.12 bits per heavy atom. The lowest BCUT2D eigenvalue weighted by Crippen LogP contribution is -2.19. The number of alkyl halides is 2. The molecule has 0 spiro atoms. The molecule has 3 aromatic rings. The largest absolute Gasteiger partial charge is 0.477 e. The number of hydrogen-bond donors (Lipinski definition) is 2. The number of ether oxygens (including phenoxy) is 1. The predicted molar refractivity (Wildman–Crippen MR) is 80.0 cm³/mol. The molecule has 0 radical (unpaired) electrons. The molecule has 2 aromatic heterocycles. The van der Waals surface area contributed by atoms with Crippen LogP contribution in [0.5, 0.6) is 5.75 Å². The molecule has 24 heavy (non-hydrogen) atoms. The average molecular weight is 335 g/mol. The van der Waals surface area contributed by atoms with E-state index in [-0.39, 0.29) is 23.0 Å². The summed E-state index contributed by atoms with van der Waals surface area (Å²) in [5.41, 5.74) is 0.236. The van der Waals surface area contributed by atoms with Crippen molar-refractivity contribution >= 4 is 17.0 Å². The van der Waals surface area contributed by atoms with E-state index in [9.17, 15) is 23.5 Å². The third kappa shape index (κ3) is 2.71. The molecule has 0 aliphatic rings. The Labute approximate surface area is 133 Å². The van der Waals surface area contributed by atoms with Gasteiger partial charge >= 0.3 is 12.6 Å². The van der Waals surface area contributed by atoms with E-state index < -0.39 is 18.0 Å². The first-order chi connectivity index (χ1) is 11.4. The molecule has 0 unspecified atom stereocenters. The molecule has 124 valence electrons. The Balaban J connectivity index is 2.15. The minimum absolute atomic E-state index is 0.0535. The number of nitrogens with zero attached hydrogens (tertiary/aromatic N) is 2. The van der Waals surface area contributed by atoms with Gasteiger partial charge in [0, 0.05) is 23.9 Å². The van der Waals surface area contributed by atoms with Crippen LogP contribution in [0.25, 0.3) is 17.0 Å². The summed E-state index contributed by atoms with van der Waals surface area (Å²) in [5.74, 6) is -1.20. The SMILES string of the molecule is Cc1c(C(=O)O)n(-c2nc3ccc(OC(F)F)cc3[nH]2)ccc1=O. The molecule has 0 saturated heterocycles. The second-order valence-corrected chi connectivity index (χ2v) is 4.95. The van der Waals surface area contributed by atoms with Crippen LogP contribution in [0.2, 0.25) is 0 Å². The number of H-pyrrole nitrogens is 1. The third-order valence-corrected chi connectivity index (χ3v) is 3.44. The highest BCUT2D eigenvalue weighted by molar-refractivity contribution is 5.88. The summed E-state index contributed by atoms with van der Waals surface area (Å²) in [4.78, 5) is 30.2. The van der Waals surface area contributed by atoms with Crippen molar-refractivity contribution in [3.8, 4) is 11.7 Å². The number of carbonyl (C=O) groups is 1. The van der Waals surface area contributed by atoms with Gasteiger partial charge in [-0.15, -0.1) is 0 Å². The second kappa shape index (κ2) is 5.76. The van der Waals surface area contributed by atoms with Crippen molar-refractivity contribution in [3.05, 3.63) is 51.9 Å². The molecule has 2 N–H and O–H groups in total. The molecular weight excluding hydrogens is 324 g/mol. The number of hydrogen-bond acceptors (Lipinski definition) is 4. The normalized spacial score (nSPS) is 11.2. The molecule has 0 aliphatic carbocycles. The summed E-state index contributed by atoms with van der Waals surface area (Å²) in [6, 6.07) is 5.34. The minimum Gasteiger partial charge on any atom is -0.477 e. The maximum Gasteiger partial charge on any atom is 0.387 e. The van der Waals surface area contributed by atoms with Crippen molar-refractivity contribution in [3.63, 3.8) is 0 Å². The number of fused-ring (bicyclic) bond motifs is 1. The summed E-state index contributed by atoms with van der Waals surface area (Å²) in [7, 11) is 0. The van der Waals surface area contributed by atoms with E-state index in [2.05, 4.69) is 14.7 Å². The average Bonchev–Trinajstić information content (AvgIpc) is 2.91. The number of carboxylic acids is 1. The van der Waals surface area contributed by atoms with E-state index in [0.29, 0.717) is 11.0 Å². The molecule has 2 heterocycles. The number of pyridine rings is 1. The summed E-state index contributed by atoms with van der Waals surface area (Å²) >= 11 is 0. The molecule has 0 fully saturated rings. The highest BCUT2D eigenvalue weighted by Crippen LogP contribution is 2.22. The van der Waals surface area contributed by atoms with E-state index in [1.807, 2.05) is 0 Å². The number of rotatable bonds is 4. The van der Waals surface area contributed by atoms with Crippen LogP contribution in [0, 0.1) is 6.92 Å². The van der Waals surface area contributed by atoms with Gasteiger partial charge in [-0.05, 0) is 19.1 Å². The monoisotopic (exact) mass is 335 g/mol. The van der Waals surface area contributed by atoms with Crippen LogP contribution < -0.4 is 10.2 Å². The molecule has 0 saturated carbocycles. The zero-order chi connectivity index (χ0) is 17.4. The van der Waals surface area contributed by atoms with Crippen LogP contribution in [0.4, 0.5) is 8.78 Å². The molecule has 0 bridgehead atoms. The van der Waals surface area contributed by atoms with Gasteiger partial charge in [-0.1, -0.05) is 0 Å². The lowest BCUT2D eigenvalue weighted by atomic mass is 10.2. The van der Waals surface area contributed by atoms with Gasteiger partial charge in [0.05, 0.1) is 11.0 Å². The number of nitrogens with one attached hydrogen (secondary N) is 1. The number of aromatic carboxylic acids is 1. The first-order valence-electron chi connectivity index (χ1n) is 6.77. The Morgan fingerprint density at radius 1 is 1.38 bits per heavy atom. The number of carboxylic acid groups (broad SMARTS) is 1. The zero-order valence-electron chi connectivity index (χ0n) is 12.3. The van der Waals surface area contributed by atoms with Crippen molar-refractivity contribution < 1.29 is 23.4 Å². The lowest BCUT2D eigenvalue weighted by Gasteiger charge is -2.09. The van der Waals surface area contributed by atoms with Crippen molar-refractivity contribution in [2.75, 3.05) is 0 Å². The molecule has 0 atom stereocenters. The van der Waals surface area contributed by atoms with Gasteiger partial charge in [0.1, 0.15) is 11.4 Å². The number of imidazole rings is 1. The summed E-state index contributed by atoms with van der Waals surface area (Å²) < 4.78 is 30.1. The Kier molecular flexibility index (Phi) is 3.76. The molecule has 9 heteroatoms. The molecule has 0 amide bonds. The topological polar surface area (TPSA) is 97.2 Å². The fourth-order valence-electron chi connectivity index (χ4n) is 2.34. The second-order valence-electron chi connectivity index (χ2n) is 4.95. The molecule has 3 rings (SSSR count). The van der Waals surface area contributed by atoms with E-state index in [1.54, 1.807) is 0 Å². The van der Waals surface area contributed by atoms with Gasteiger partial charge in [-0.2, -0.15) is 8.78 Å². The van der Waals surface area contributed by atoms with E-state index in [4.69, 9.17) is 0 Å². The molecule has 7 nitrogen and oxygen atoms in total. The van der Waals surface area contributed by atoms with Crippen LogP contribution in [0.15, 0.2) is 35.3 Å². The number of benzene rings is 1. The molecule has 0 aliphatic heterocycles. The molecule has 1 aromatic carbocycles. The van der Waals surface area contributed by atoms with Crippen molar-refractivity contribution in [2.24, 2.45) is 0 Å². The van der Waals surface area contributed by atoms with E-state index in [1.165, 1.54) is 42.0 Å². The number of halogens is 2. The Morgan fingerprint density at radius 3 is 2.79 bits per heavy atom. The maximum absolute atomic E-state index is 12.3. The van der Waals surface area contributed by atoms with Crippen LogP contribution in [0.3, 0.4) is 0 Å². The van der Waals surface area contributed by atoms with Crippen molar-refractivity contribution in [1.82, 2.24) is 14.5 Å². The summed E-state index contributed by atoms with van der Waals surface area (Å²) in [5, 5.41) is 9.35. The van der Waals surface area contributed by atoms with Crippen molar-refractivity contribution in [2.45, 2.75) is 13.5 Å². The number of aromatic nitrogens is 3. The predicted octanol–water partition coefficient (Wildman–Crippen LogP) is 2.32. The van der Waals surface area contributed by atoms with E-state index >= 15 is 0 Å². The first kappa shape index (κ1) is 15.7. The van der Waals surface area contributed by atoms with E-state index in [0.717, 1.165) is 0 Å². The Hall–Kier alpha value is -3.23. The fraction of sp³-hybridized carbons (Fsp3) is 0.133. The highest BCUT2D eigenvalue weighted by atomic mass is 19.3. The standard InChI is InChI=1S/C15H11F2N3O4/c1-7-11(21)4-5-20(12(7)13(22)23)15-18-9-3-2-8(24-14(16)17)6-10(9)19-15/h2-6,14H,1H3,(H,18,19)(H,22,23). The zero-order valence-corrected chi connectivity index (χ0v) is 12.3. The lowest BCUT2D eigenvalue weighted by molar-refractivity contribution is -0.0497. The van der Waals surface area contributed by atoms with Crippen LogP contribution in [-0.4, -0.2) is 32.2 Å². The first-order valence-corrected chi connectivity index (χ1v) is 6.77. The quantitative estimate of drug-likeness (QED) is 0.762. The van der Waals surface area contributed by atoms with Crippen LogP contribution >= 0.6 is 0 Å². The van der Waals surface area contributed by atoms with Crippen LogP contribution in [0.1, 0.15) is 16.1 Å². The maximum atomic E-state index is 12.3. The minimum atomic E-state index is -2.95. The van der Waals surface area contributed by atoms with Gasteiger partial charge in [0.25, 0.3) is 0 Å². The fourth-order valence-corrected chi connectivity index (χ4v) is 2.34. The third-order valence-electron chi connectivity index (χ3n) is 3.44. The number of aromatic amines is 1. The smallest absolute Gasteiger partial charge is 0.387 e. The van der Waals surface area contributed by atoms with Gasteiger partial charge in [0.15, 0.2) is 5.43 Å². The highest BCUT2D eigenvalue weighted by Gasteiger charge is 2.18. The van der Waals surface area contributed by atoms with Gasteiger partial charge in [-0.25, -0.2) is 9.78 Å². The summed E-state index contributed by atoms with van der Waals surface area (Å²) in [6.45, 7) is -1.55. The van der Waals surface area contributed by atoms with Gasteiger partial charge in [-0.3, -0.25) is 9.36 Å². The Bertz CT molecular complexity index is 994. The van der Waals surface area contributed by atoms with Crippen LogP contribution in [-0.2, 0) is 0 Å². The molecular formula is C15H11F2N3O4. The summed E-state index contributed by atoms with van der Waals surface area (Å²) in [6.07, 6.45) is 1.28. The van der Waals surface area contributed by atoms with Gasteiger partial charge in [0.2, 0.25) is 5.95 Å². The van der Waals surface area contributed by atoms with Crippen molar-refractivity contribution in [1.29, 1.82) is 0 Å². The van der Waals surface area contributed by atoms with Gasteiger partial charge < -0.3 is 14.8 Å².